The molecule has 158 valence electrons. The Morgan fingerprint density at radius 2 is 1.83 bits per heavy atom. The van der Waals surface area contributed by atoms with E-state index in [-0.39, 0.29) is 17.7 Å². The number of hydrogen-bond acceptors (Lipinski definition) is 4. The molecular formula is C23H25ClN2O4. The number of hydrogen-bond donors (Lipinski definition) is 1. The Morgan fingerprint density at radius 3 is 2.63 bits per heavy atom. The first-order chi connectivity index (χ1) is 14.6. The molecule has 0 saturated carbocycles. The highest BCUT2D eigenvalue weighted by molar-refractivity contribution is 6.30. The third-order valence-electron chi connectivity index (χ3n) is 5.49. The number of piperidine rings is 1. The van der Waals surface area contributed by atoms with Gasteiger partial charge in [-0.05, 0) is 61.2 Å². The first kappa shape index (κ1) is 20.5. The van der Waals surface area contributed by atoms with Crippen LogP contribution in [0.3, 0.4) is 0 Å². The summed E-state index contributed by atoms with van der Waals surface area (Å²) >= 11 is 5.90. The molecule has 0 bridgehead atoms. The molecular weight excluding hydrogens is 404 g/mol. The summed E-state index contributed by atoms with van der Waals surface area (Å²) in [5.74, 6) is 1.28. The molecule has 30 heavy (non-hydrogen) atoms. The van der Waals surface area contributed by atoms with Gasteiger partial charge in [0.25, 0.3) is 5.91 Å². The van der Waals surface area contributed by atoms with Crippen molar-refractivity contribution in [3.8, 4) is 11.5 Å². The van der Waals surface area contributed by atoms with Crippen molar-refractivity contribution in [2.45, 2.75) is 19.3 Å². The largest absolute Gasteiger partial charge is 0.486 e. The number of ether oxygens (including phenoxy) is 2. The van der Waals surface area contributed by atoms with E-state index in [2.05, 4.69) is 5.32 Å². The van der Waals surface area contributed by atoms with Crippen LogP contribution in [0.2, 0.25) is 5.02 Å². The number of halogens is 1. The van der Waals surface area contributed by atoms with Gasteiger partial charge in [-0.15, -0.1) is 0 Å². The predicted molar refractivity (Wildman–Crippen MR) is 114 cm³/mol. The highest BCUT2D eigenvalue weighted by Crippen LogP contribution is 2.30. The van der Waals surface area contributed by atoms with Gasteiger partial charge in [0.15, 0.2) is 11.5 Å². The lowest BCUT2D eigenvalue weighted by Crippen LogP contribution is -2.45. The van der Waals surface area contributed by atoms with Crippen LogP contribution in [-0.2, 0) is 11.2 Å². The summed E-state index contributed by atoms with van der Waals surface area (Å²) in [6.07, 6.45) is 2.32. The maximum atomic E-state index is 12.7. The van der Waals surface area contributed by atoms with Crippen LogP contribution in [0.5, 0.6) is 11.5 Å². The maximum absolute atomic E-state index is 12.7. The molecule has 7 heteroatoms. The lowest BCUT2D eigenvalue weighted by Gasteiger charge is -2.32. The van der Waals surface area contributed by atoms with E-state index in [0.717, 1.165) is 29.9 Å². The second-order valence-electron chi connectivity index (χ2n) is 7.62. The maximum Gasteiger partial charge on any atom is 0.253 e. The van der Waals surface area contributed by atoms with Gasteiger partial charge in [0.05, 0.1) is 5.92 Å². The Bertz CT molecular complexity index is 916. The van der Waals surface area contributed by atoms with E-state index in [9.17, 15) is 9.59 Å². The number of likely N-dealkylation sites (tertiary alicyclic amines) is 1. The third kappa shape index (κ3) is 4.87. The SMILES string of the molecule is O=C(NCCc1ccc2c(c1)OCCO2)[C@@H]1CCCN(C(=O)c2ccc(Cl)cc2)C1. The number of nitrogens with zero attached hydrogens (tertiary/aromatic N) is 1. The zero-order valence-electron chi connectivity index (χ0n) is 16.7. The lowest BCUT2D eigenvalue weighted by atomic mass is 9.96. The van der Waals surface area contributed by atoms with Gasteiger partial charge in [0, 0.05) is 30.2 Å². The molecule has 2 amide bonds. The van der Waals surface area contributed by atoms with Crippen molar-refractivity contribution in [2.24, 2.45) is 5.92 Å². The Balaban J connectivity index is 1.28. The molecule has 4 rings (SSSR count). The number of rotatable bonds is 5. The molecule has 2 aromatic rings. The minimum Gasteiger partial charge on any atom is -0.486 e. The molecule has 0 spiro atoms. The van der Waals surface area contributed by atoms with Gasteiger partial charge in [0.2, 0.25) is 5.91 Å². The van der Waals surface area contributed by atoms with Gasteiger partial charge in [-0.3, -0.25) is 9.59 Å². The zero-order chi connectivity index (χ0) is 20.9. The molecule has 1 fully saturated rings. The van der Waals surface area contributed by atoms with Gasteiger partial charge in [-0.25, -0.2) is 0 Å². The minimum absolute atomic E-state index is 0.00106. The second-order valence-corrected chi connectivity index (χ2v) is 8.05. The zero-order valence-corrected chi connectivity index (χ0v) is 17.5. The van der Waals surface area contributed by atoms with Gasteiger partial charge in [0.1, 0.15) is 13.2 Å². The fourth-order valence-corrected chi connectivity index (χ4v) is 3.99. The number of carbonyl (C=O) groups excluding carboxylic acids is 2. The molecule has 1 saturated heterocycles. The summed E-state index contributed by atoms with van der Waals surface area (Å²) in [5.41, 5.74) is 1.68. The molecule has 0 aromatic heterocycles. The van der Waals surface area contributed by atoms with E-state index in [1.54, 1.807) is 29.2 Å². The topological polar surface area (TPSA) is 67.9 Å². The summed E-state index contributed by atoms with van der Waals surface area (Å²) in [6.45, 7) is 2.78. The summed E-state index contributed by atoms with van der Waals surface area (Å²) in [7, 11) is 0. The number of benzene rings is 2. The molecule has 0 radical (unpaired) electrons. The third-order valence-corrected chi connectivity index (χ3v) is 5.74. The van der Waals surface area contributed by atoms with Crippen molar-refractivity contribution in [2.75, 3.05) is 32.8 Å². The molecule has 1 atom stereocenters. The number of amides is 2. The van der Waals surface area contributed by atoms with Crippen molar-refractivity contribution in [1.29, 1.82) is 0 Å². The van der Waals surface area contributed by atoms with E-state index in [1.165, 1.54) is 0 Å². The summed E-state index contributed by atoms with van der Waals surface area (Å²) in [6, 6.07) is 12.7. The van der Waals surface area contributed by atoms with Crippen LogP contribution in [-0.4, -0.2) is 49.6 Å². The molecule has 6 nitrogen and oxygen atoms in total. The number of nitrogens with one attached hydrogen (secondary N) is 1. The fraction of sp³-hybridized carbons (Fsp3) is 0.391. The van der Waals surface area contributed by atoms with E-state index in [1.807, 2.05) is 18.2 Å². The Kier molecular flexibility index (Phi) is 6.43. The van der Waals surface area contributed by atoms with Gasteiger partial charge in [-0.2, -0.15) is 0 Å². The number of fused-ring (bicyclic) bond motifs is 1. The van der Waals surface area contributed by atoms with Gasteiger partial charge < -0.3 is 19.7 Å². The van der Waals surface area contributed by atoms with E-state index >= 15 is 0 Å². The Morgan fingerprint density at radius 1 is 1.07 bits per heavy atom. The van der Waals surface area contributed by atoms with Crippen LogP contribution < -0.4 is 14.8 Å². The molecule has 0 unspecified atom stereocenters. The summed E-state index contributed by atoms with van der Waals surface area (Å²) in [5, 5.41) is 3.62. The van der Waals surface area contributed by atoms with Crippen molar-refractivity contribution in [3.63, 3.8) is 0 Å². The molecule has 2 heterocycles. The summed E-state index contributed by atoms with van der Waals surface area (Å²) in [4.78, 5) is 27.1. The molecule has 1 N–H and O–H groups in total. The van der Waals surface area contributed by atoms with E-state index in [4.69, 9.17) is 21.1 Å². The molecule has 2 aliphatic rings. The van der Waals surface area contributed by atoms with Crippen LogP contribution in [0.1, 0.15) is 28.8 Å². The Labute approximate surface area is 181 Å². The van der Waals surface area contributed by atoms with Gasteiger partial charge in [-0.1, -0.05) is 17.7 Å². The first-order valence-corrected chi connectivity index (χ1v) is 10.7. The van der Waals surface area contributed by atoms with Crippen molar-refractivity contribution >= 4 is 23.4 Å². The molecule has 2 aromatic carbocycles. The predicted octanol–water partition coefficient (Wildman–Crippen LogP) is 3.32. The smallest absolute Gasteiger partial charge is 0.253 e. The highest BCUT2D eigenvalue weighted by atomic mass is 35.5. The lowest BCUT2D eigenvalue weighted by molar-refractivity contribution is -0.126. The fourth-order valence-electron chi connectivity index (χ4n) is 3.87. The van der Waals surface area contributed by atoms with Crippen molar-refractivity contribution < 1.29 is 19.1 Å². The average Bonchev–Trinajstić information content (AvgIpc) is 2.79. The average molecular weight is 429 g/mol. The molecule has 2 aliphatic heterocycles. The van der Waals surface area contributed by atoms with Crippen LogP contribution in [0.4, 0.5) is 0 Å². The van der Waals surface area contributed by atoms with Crippen LogP contribution in [0.25, 0.3) is 0 Å². The van der Waals surface area contributed by atoms with E-state index in [0.29, 0.717) is 49.9 Å². The normalized spacial score (nSPS) is 18.0. The monoisotopic (exact) mass is 428 g/mol. The van der Waals surface area contributed by atoms with Crippen LogP contribution in [0.15, 0.2) is 42.5 Å². The highest BCUT2D eigenvalue weighted by Gasteiger charge is 2.28. The minimum atomic E-state index is -0.185. The Hall–Kier alpha value is -2.73. The second kappa shape index (κ2) is 9.39. The van der Waals surface area contributed by atoms with Crippen molar-refractivity contribution in [1.82, 2.24) is 10.2 Å². The summed E-state index contributed by atoms with van der Waals surface area (Å²) < 4.78 is 11.1. The first-order valence-electron chi connectivity index (χ1n) is 10.3. The van der Waals surface area contributed by atoms with E-state index < -0.39 is 0 Å². The van der Waals surface area contributed by atoms with Crippen LogP contribution in [0, 0.1) is 5.92 Å². The standard InChI is InChI=1S/C23H25ClN2O4/c24-19-6-4-17(5-7-19)23(28)26-11-1-2-18(15-26)22(27)25-10-9-16-3-8-20-21(14-16)30-13-12-29-20/h3-8,14,18H,1-2,9-13,15H2,(H,25,27)/t18-/m1/s1. The quantitative estimate of drug-likeness (QED) is 0.793. The molecule has 0 aliphatic carbocycles. The van der Waals surface area contributed by atoms with Crippen molar-refractivity contribution in [3.05, 3.63) is 58.6 Å². The van der Waals surface area contributed by atoms with Crippen LogP contribution >= 0.6 is 11.6 Å². The number of carbonyl (C=O) groups is 2. The van der Waals surface area contributed by atoms with Gasteiger partial charge >= 0.3 is 0 Å².